The number of Topliss-reactive ketones (excluding diaryl/α,β-unsaturated/α-hetero) is 1. The summed E-state index contributed by atoms with van der Waals surface area (Å²) in [6.45, 7) is 3.18. The van der Waals surface area contributed by atoms with E-state index in [-0.39, 0.29) is 12.3 Å². The average Bonchev–Trinajstić information content (AvgIpc) is 3.27. The molecule has 0 spiro atoms. The Morgan fingerprint density at radius 1 is 1.07 bits per heavy atom. The third-order valence-corrected chi connectivity index (χ3v) is 4.95. The van der Waals surface area contributed by atoms with Crippen molar-refractivity contribution in [2.24, 2.45) is 0 Å². The van der Waals surface area contributed by atoms with Crippen molar-refractivity contribution in [3.63, 3.8) is 0 Å². The molecule has 9 nitrogen and oxygen atoms in total. The van der Waals surface area contributed by atoms with Crippen LogP contribution >= 0.6 is 0 Å². The predicted molar refractivity (Wildman–Crippen MR) is 110 cm³/mol. The van der Waals surface area contributed by atoms with Crippen LogP contribution in [0.2, 0.25) is 0 Å². The van der Waals surface area contributed by atoms with E-state index in [0.29, 0.717) is 22.9 Å². The minimum atomic E-state index is -0.197. The van der Waals surface area contributed by atoms with Crippen molar-refractivity contribution in [1.82, 2.24) is 20.2 Å². The van der Waals surface area contributed by atoms with Gasteiger partial charge in [-0.1, -0.05) is 0 Å². The van der Waals surface area contributed by atoms with Gasteiger partial charge in [-0.25, -0.2) is 0 Å². The van der Waals surface area contributed by atoms with Gasteiger partial charge in [-0.3, -0.25) is 4.79 Å². The first-order valence-corrected chi connectivity index (χ1v) is 9.64. The molecule has 2 aromatic carbocycles. The Bertz CT molecular complexity index is 1010. The molecule has 1 fully saturated rings. The van der Waals surface area contributed by atoms with Gasteiger partial charge in [0.25, 0.3) is 0 Å². The van der Waals surface area contributed by atoms with Crippen LogP contribution in [0.1, 0.15) is 10.4 Å². The number of carbonyl (C=O) groups is 1. The number of ether oxygens (including phenoxy) is 3. The number of nitrogens with zero attached hydrogens (tertiary/aromatic N) is 5. The van der Waals surface area contributed by atoms with Crippen LogP contribution in [-0.4, -0.2) is 66.5 Å². The number of hydrogen-bond acceptors (Lipinski definition) is 8. The molecule has 0 aliphatic carbocycles. The van der Waals surface area contributed by atoms with Crippen molar-refractivity contribution < 1.29 is 19.0 Å². The van der Waals surface area contributed by atoms with Crippen LogP contribution in [0.5, 0.6) is 11.5 Å². The molecule has 30 heavy (non-hydrogen) atoms. The molecule has 0 atom stereocenters. The molecule has 156 valence electrons. The number of rotatable bonds is 7. The fourth-order valence-electron chi connectivity index (χ4n) is 3.31. The first kappa shape index (κ1) is 19.8. The first-order valence-electron chi connectivity index (χ1n) is 9.64. The van der Waals surface area contributed by atoms with E-state index in [4.69, 9.17) is 14.2 Å². The predicted octanol–water partition coefficient (Wildman–Crippen LogP) is 2.08. The monoisotopic (exact) mass is 409 g/mol. The lowest BCUT2D eigenvalue weighted by Crippen LogP contribution is -2.36. The van der Waals surface area contributed by atoms with E-state index in [1.165, 1.54) is 11.9 Å². The van der Waals surface area contributed by atoms with E-state index < -0.39 is 0 Å². The topological polar surface area (TPSA) is 91.6 Å². The van der Waals surface area contributed by atoms with Gasteiger partial charge in [-0.05, 0) is 47.7 Å². The standard InChI is InChI=1S/C21H23N5O4/c1-28-17-7-8-20(29-2)18(13-17)19(27)14-26-23-21(22-24-26)15-3-5-16(6-4-15)25-9-11-30-12-10-25/h3-8,13H,9-12,14H2,1-2H3. The Hall–Kier alpha value is -3.46. The van der Waals surface area contributed by atoms with E-state index in [1.54, 1.807) is 25.3 Å². The molecule has 1 saturated heterocycles. The molecule has 2 heterocycles. The van der Waals surface area contributed by atoms with Crippen molar-refractivity contribution >= 4 is 11.5 Å². The number of anilines is 1. The molecule has 1 aliphatic rings. The van der Waals surface area contributed by atoms with E-state index in [1.807, 2.05) is 24.3 Å². The molecule has 4 rings (SSSR count). The number of ketones is 1. The van der Waals surface area contributed by atoms with Gasteiger partial charge in [-0.15, -0.1) is 10.2 Å². The molecule has 0 unspecified atom stereocenters. The maximum atomic E-state index is 12.7. The third kappa shape index (κ3) is 4.25. The zero-order valence-corrected chi connectivity index (χ0v) is 16.9. The van der Waals surface area contributed by atoms with Gasteiger partial charge >= 0.3 is 0 Å². The van der Waals surface area contributed by atoms with Crippen LogP contribution in [0.15, 0.2) is 42.5 Å². The molecule has 0 bridgehead atoms. The second-order valence-electron chi connectivity index (χ2n) is 6.78. The highest BCUT2D eigenvalue weighted by molar-refractivity contribution is 5.98. The Morgan fingerprint density at radius 2 is 1.83 bits per heavy atom. The quantitative estimate of drug-likeness (QED) is 0.548. The minimum Gasteiger partial charge on any atom is -0.497 e. The van der Waals surface area contributed by atoms with Gasteiger partial charge in [0.2, 0.25) is 5.82 Å². The number of tetrazole rings is 1. The molecule has 0 amide bonds. The van der Waals surface area contributed by atoms with Gasteiger partial charge in [0.05, 0.1) is 33.0 Å². The molecule has 1 aromatic heterocycles. The highest BCUT2D eigenvalue weighted by Gasteiger charge is 2.17. The van der Waals surface area contributed by atoms with Crippen LogP contribution in [0, 0.1) is 0 Å². The zero-order valence-electron chi connectivity index (χ0n) is 16.9. The fourth-order valence-corrected chi connectivity index (χ4v) is 3.31. The summed E-state index contributed by atoms with van der Waals surface area (Å²) in [4.78, 5) is 16.3. The van der Waals surface area contributed by atoms with E-state index in [2.05, 4.69) is 20.3 Å². The molecule has 9 heteroatoms. The van der Waals surface area contributed by atoms with Gasteiger partial charge in [0, 0.05) is 24.3 Å². The summed E-state index contributed by atoms with van der Waals surface area (Å²) in [7, 11) is 3.07. The summed E-state index contributed by atoms with van der Waals surface area (Å²) in [6.07, 6.45) is 0. The number of hydrogen-bond donors (Lipinski definition) is 0. The van der Waals surface area contributed by atoms with Crippen molar-refractivity contribution in [2.75, 3.05) is 45.4 Å². The summed E-state index contributed by atoms with van der Waals surface area (Å²) in [5, 5.41) is 12.5. The second kappa shape index (κ2) is 8.91. The Morgan fingerprint density at radius 3 is 2.53 bits per heavy atom. The molecular formula is C21H23N5O4. The normalized spacial score (nSPS) is 13.9. The van der Waals surface area contributed by atoms with Crippen LogP contribution < -0.4 is 14.4 Å². The lowest BCUT2D eigenvalue weighted by molar-refractivity contribution is 0.0958. The SMILES string of the molecule is COc1ccc(OC)c(C(=O)Cn2nnc(-c3ccc(N4CCOCC4)cc3)n2)c1. The molecule has 0 N–H and O–H groups in total. The minimum absolute atomic E-state index is 0.0532. The Labute approximate surface area is 174 Å². The zero-order chi connectivity index (χ0) is 20.9. The van der Waals surface area contributed by atoms with Gasteiger partial charge < -0.3 is 19.1 Å². The highest BCUT2D eigenvalue weighted by atomic mass is 16.5. The number of aromatic nitrogens is 4. The number of morpholine rings is 1. The third-order valence-electron chi connectivity index (χ3n) is 4.95. The average molecular weight is 409 g/mol. The molecule has 1 aliphatic heterocycles. The van der Waals surface area contributed by atoms with Crippen LogP contribution in [0.4, 0.5) is 5.69 Å². The van der Waals surface area contributed by atoms with Crippen molar-refractivity contribution in [3.8, 4) is 22.9 Å². The Kier molecular flexibility index (Phi) is 5.89. The lowest BCUT2D eigenvalue weighted by atomic mass is 10.1. The van der Waals surface area contributed by atoms with Crippen molar-refractivity contribution in [2.45, 2.75) is 6.54 Å². The van der Waals surface area contributed by atoms with E-state index >= 15 is 0 Å². The largest absolute Gasteiger partial charge is 0.497 e. The smallest absolute Gasteiger partial charge is 0.204 e. The molecule has 3 aromatic rings. The lowest BCUT2D eigenvalue weighted by Gasteiger charge is -2.28. The van der Waals surface area contributed by atoms with Crippen LogP contribution in [-0.2, 0) is 11.3 Å². The summed E-state index contributed by atoms with van der Waals surface area (Å²) in [6, 6.07) is 13.1. The summed E-state index contributed by atoms with van der Waals surface area (Å²) < 4.78 is 15.9. The van der Waals surface area contributed by atoms with E-state index in [0.717, 1.165) is 37.6 Å². The first-order chi connectivity index (χ1) is 14.7. The fraction of sp³-hybridized carbons (Fsp3) is 0.333. The van der Waals surface area contributed by atoms with Gasteiger partial charge in [0.1, 0.15) is 18.0 Å². The summed E-state index contributed by atoms with van der Waals surface area (Å²) in [5.41, 5.74) is 2.38. The second-order valence-corrected chi connectivity index (χ2v) is 6.78. The highest BCUT2D eigenvalue weighted by Crippen LogP contribution is 2.25. The van der Waals surface area contributed by atoms with Gasteiger partial charge in [-0.2, -0.15) is 4.80 Å². The number of methoxy groups -OCH3 is 2. The van der Waals surface area contributed by atoms with Crippen molar-refractivity contribution in [3.05, 3.63) is 48.0 Å². The number of carbonyl (C=O) groups excluding carboxylic acids is 1. The van der Waals surface area contributed by atoms with Gasteiger partial charge in [0.15, 0.2) is 5.78 Å². The Balaban J connectivity index is 1.47. The molecule has 0 saturated carbocycles. The summed E-state index contributed by atoms with van der Waals surface area (Å²) >= 11 is 0. The number of benzene rings is 2. The van der Waals surface area contributed by atoms with Crippen LogP contribution in [0.25, 0.3) is 11.4 Å². The van der Waals surface area contributed by atoms with Crippen molar-refractivity contribution in [1.29, 1.82) is 0 Å². The maximum Gasteiger partial charge on any atom is 0.204 e. The van der Waals surface area contributed by atoms with E-state index in [9.17, 15) is 4.79 Å². The maximum absolute atomic E-state index is 12.7. The molecular weight excluding hydrogens is 386 g/mol. The summed E-state index contributed by atoms with van der Waals surface area (Å²) in [5.74, 6) is 1.32. The van der Waals surface area contributed by atoms with Crippen LogP contribution in [0.3, 0.4) is 0 Å². The molecule has 0 radical (unpaired) electrons.